The first kappa shape index (κ1) is 15.7. The fourth-order valence-corrected chi connectivity index (χ4v) is 0. The Morgan fingerprint density at radius 1 is 1.50 bits per heavy atom. The third-order valence-electron chi connectivity index (χ3n) is 0. The quantitative estimate of drug-likeness (QED) is 0.402. The van der Waals surface area contributed by atoms with E-state index in [1.54, 1.807) is 0 Å². The Bertz CT molecular complexity index is 11.6. The van der Waals surface area contributed by atoms with Crippen LogP contribution in [0.1, 0.15) is 1.43 Å². The summed E-state index contributed by atoms with van der Waals surface area (Å²) in [5, 5.41) is 0. The molecule has 0 unspecified atom stereocenters. The first-order valence-electron chi connectivity index (χ1n) is 0.183. The summed E-state index contributed by atoms with van der Waals surface area (Å²) in [5.74, 6) is 0. The topological polar surface area (TPSA) is 17.1 Å². The maximum atomic E-state index is 8.30. The Labute approximate surface area is 115 Å². The van der Waals surface area contributed by atoms with Gasteiger partial charge >= 0.3 is 94.9 Å². The molecule has 0 aliphatic carbocycles. The molecular weight excluding hydrogens is 379 g/mol. The van der Waals surface area contributed by atoms with E-state index in [0.29, 0.717) is 23.0 Å². The van der Waals surface area contributed by atoms with Crippen molar-refractivity contribution >= 4 is 23.0 Å². The van der Waals surface area contributed by atoms with Crippen LogP contribution in [0.4, 0.5) is 0 Å². The summed E-state index contributed by atoms with van der Waals surface area (Å²) < 4.78 is 8.30. The molecule has 0 amide bonds. The van der Waals surface area contributed by atoms with Crippen LogP contribution < -0.4 is 68.9 Å². The second-order valence-corrected chi connectivity index (χ2v) is 0. The average Bonchev–Trinajstić information content (AvgIpc) is 1.00. The first-order chi connectivity index (χ1) is 1.00. The predicted octanol–water partition coefficient (Wildman–Crippen LogP) is -3.39. The summed E-state index contributed by atoms with van der Waals surface area (Å²) in [6, 6.07) is 0. The van der Waals surface area contributed by atoms with E-state index in [2.05, 4.69) is 0 Å². The molecule has 0 aliphatic rings. The summed E-state index contributed by atoms with van der Waals surface area (Å²) in [5.41, 5.74) is 0. The minimum absolute atomic E-state index is 0. The average molecular weight is 380 g/mol. The van der Waals surface area contributed by atoms with Crippen LogP contribution in [0.15, 0.2) is 0 Å². The Morgan fingerprint density at radius 3 is 1.50 bits per heavy atom. The fourth-order valence-electron chi connectivity index (χ4n) is 0. The van der Waals surface area contributed by atoms with E-state index in [9.17, 15) is 0 Å². The second-order valence-electron chi connectivity index (χ2n) is 0. The van der Waals surface area contributed by atoms with E-state index in [-0.39, 0.29) is 92.7 Å². The van der Waals surface area contributed by atoms with Crippen molar-refractivity contribution in [3.05, 3.63) is 0 Å². The zero-order valence-corrected chi connectivity index (χ0v) is 12.5. The second kappa shape index (κ2) is 16.1. The van der Waals surface area contributed by atoms with Crippen LogP contribution >= 0.6 is 0 Å². The molecule has 0 aliphatic heterocycles. The summed E-state index contributed by atoms with van der Waals surface area (Å²) in [7, 11) is 0. The Kier molecular flexibility index (Phi) is 63.1. The Hall–Kier alpha value is 3.41. The van der Waals surface area contributed by atoms with Crippen LogP contribution in [-0.2, 0) is 25.4 Å². The molecular formula is HAgCsOSb. The van der Waals surface area contributed by atoms with Gasteiger partial charge in [-0.1, -0.05) is 0 Å². The number of hydrogen-bond donors (Lipinski definition) is 0. The summed E-state index contributed by atoms with van der Waals surface area (Å²) in [4.78, 5) is 0. The molecule has 0 aromatic carbocycles. The van der Waals surface area contributed by atoms with Gasteiger partial charge in [-0.05, 0) is 0 Å². The van der Waals surface area contributed by atoms with Crippen molar-refractivity contribution in [1.82, 2.24) is 0 Å². The molecule has 2 radical (unpaired) electrons. The van der Waals surface area contributed by atoms with Crippen molar-refractivity contribution in [2.24, 2.45) is 0 Å². The van der Waals surface area contributed by atoms with Crippen molar-refractivity contribution in [2.75, 3.05) is 0 Å². The van der Waals surface area contributed by atoms with Gasteiger partial charge in [0.05, 0.1) is 0 Å². The van der Waals surface area contributed by atoms with E-state index in [4.69, 9.17) is 3.02 Å². The molecule has 0 saturated heterocycles. The molecule has 0 N–H and O–H groups in total. The van der Waals surface area contributed by atoms with Crippen molar-refractivity contribution in [2.45, 2.75) is 0 Å². The van der Waals surface area contributed by atoms with Crippen LogP contribution in [0.25, 0.3) is 0 Å². The summed E-state index contributed by atoms with van der Waals surface area (Å²) in [6.07, 6.45) is 0. The van der Waals surface area contributed by atoms with Gasteiger partial charge in [-0.3, -0.25) is 0 Å². The molecule has 0 atom stereocenters. The molecule has 0 aromatic heterocycles. The molecule has 0 heterocycles. The Morgan fingerprint density at radius 2 is 1.50 bits per heavy atom. The molecule has 0 saturated carbocycles. The molecule has 0 spiro atoms. The van der Waals surface area contributed by atoms with Crippen LogP contribution in [-0.4, -0.2) is 23.0 Å². The van der Waals surface area contributed by atoms with Gasteiger partial charge in [0.15, 0.2) is 0 Å². The Balaban J connectivity index is -0.00000000167. The molecule has 0 bridgehead atoms. The molecule has 1 nitrogen and oxygen atoms in total. The van der Waals surface area contributed by atoms with Crippen LogP contribution in [0.2, 0.25) is 0 Å². The summed E-state index contributed by atoms with van der Waals surface area (Å²) >= 11 is 0.500. The van der Waals surface area contributed by atoms with E-state index >= 15 is 0 Å². The van der Waals surface area contributed by atoms with Crippen molar-refractivity contribution < 1.29 is 95.7 Å². The standard InChI is InChI=1S/Ag.Cs.O.Sb.H/q;+1;;;-1. The predicted molar refractivity (Wildman–Crippen MR) is 7.55 cm³/mol. The molecule has 4 heavy (non-hydrogen) atoms. The van der Waals surface area contributed by atoms with Crippen LogP contribution in [0, 0.1) is 0 Å². The third-order valence-corrected chi connectivity index (χ3v) is 0. The van der Waals surface area contributed by atoms with Gasteiger partial charge in [-0.15, -0.1) is 0 Å². The van der Waals surface area contributed by atoms with Gasteiger partial charge in [0, 0.05) is 22.4 Å². The fraction of sp³-hybridized carbons (Fsp3) is 0. The summed E-state index contributed by atoms with van der Waals surface area (Å²) in [6.45, 7) is 0. The van der Waals surface area contributed by atoms with Gasteiger partial charge in [0.2, 0.25) is 0 Å². The van der Waals surface area contributed by atoms with Crippen LogP contribution in [0.5, 0.6) is 0 Å². The zero-order chi connectivity index (χ0) is 2.00. The number of hydrogen-bond acceptors (Lipinski definition) is 1. The van der Waals surface area contributed by atoms with Crippen molar-refractivity contribution in [1.29, 1.82) is 0 Å². The van der Waals surface area contributed by atoms with E-state index < -0.39 is 0 Å². The molecule has 0 aromatic rings. The minimum atomic E-state index is 0. The molecule has 0 fully saturated rings. The SMILES string of the molecule is [Ag].[Cs+].[H-].[O]=[Sb]. The van der Waals surface area contributed by atoms with Gasteiger partial charge in [0.25, 0.3) is 0 Å². The van der Waals surface area contributed by atoms with Gasteiger partial charge in [-0.25, -0.2) is 0 Å². The number of rotatable bonds is 0. The van der Waals surface area contributed by atoms with Crippen molar-refractivity contribution in [3.8, 4) is 0 Å². The van der Waals surface area contributed by atoms with Gasteiger partial charge in [-0.2, -0.15) is 0 Å². The third kappa shape index (κ3) is 9.05. The molecule has 24 valence electrons. The monoisotopic (exact) mass is 378 g/mol. The normalized spacial score (nSPS) is 1.00. The molecule has 4 heteroatoms. The first-order valence-corrected chi connectivity index (χ1v) is 1.22. The maximum absolute atomic E-state index is 8.30. The zero-order valence-electron chi connectivity index (χ0n) is 3.16. The van der Waals surface area contributed by atoms with Gasteiger partial charge < -0.3 is 1.43 Å². The van der Waals surface area contributed by atoms with E-state index in [1.165, 1.54) is 0 Å². The van der Waals surface area contributed by atoms with E-state index in [0.717, 1.165) is 0 Å². The van der Waals surface area contributed by atoms with E-state index in [1.807, 2.05) is 0 Å². The van der Waals surface area contributed by atoms with Crippen LogP contribution in [0.3, 0.4) is 0 Å². The van der Waals surface area contributed by atoms with Crippen molar-refractivity contribution in [3.63, 3.8) is 0 Å². The van der Waals surface area contributed by atoms with Gasteiger partial charge in [0.1, 0.15) is 0 Å². The molecule has 0 rings (SSSR count).